The molecule has 0 aliphatic heterocycles. The summed E-state index contributed by atoms with van der Waals surface area (Å²) in [5, 5.41) is 6.06. The molecule has 0 fully saturated rings. The van der Waals surface area contributed by atoms with Gasteiger partial charge in [0.25, 0.3) is 5.91 Å². The molecule has 0 atom stereocenters. The van der Waals surface area contributed by atoms with Crippen molar-refractivity contribution in [1.29, 1.82) is 0 Å². The average Bonchev–Trinajstić information content (AvgIpc) is 2.66. The van der Waals surface area contributed by atoms with Crippen molar-refractivity contribution in [2.75, 3.05) is 11.9 Å². The molecule has 1 aromatic heterocycles. The number of para-hydroxylation sites is 1. The number of aromatic nitrogens is 1. The molecule has 1 amide bonds. The van der Waals surface area contributed by atoms with E-state index in [-0.39, 0.29) is 17.3 Å². The van der Waals surface area contributed by atoms with Crippen LogP contribution in [0.4, 0.5) is 20.2 Å². The van der Waals surface area contributed by atoms with Gasteiger partial charge in [-0.2, -0.15) is 0 Å². The van der Waals surface area contributed by atoms with E-state index >= 15 is 0 Å². The van der Waals surface area contributed by atoms with Crippen LogP contribution in [0.2, 0.25) is 5.02 Å². The third kappa shape index (κ3) is 5.01. The van der Waals surface area contributed by atoms with E-state index in [1.54, 1.807) is 12.1 Å². The van der Waals surface area contributed by atoms with Gasteiger partial charge in [-0.3, -0.25) is 9.78 Å². The lowest BCUT2D eigenvalue weighted by Gasteiger charge is -2.10. The molecule has 0 saturated heterocycles. The molecule has 2 N–H and O–H groups in total. The van der Waals surface area contributed by atoms with E-state index in [0.717, 1.165) is 17.7 Å². The molecular formula is C20H16ClF2N3O. The number of carbonyl (C=O) groups excluding carboxylic acids is 1. The second-order valence-electron chi connectivity index (χ2n) is 5.78. The van der Waals surface area contributed by atoms with Gasteiger partial charge in [-0.05, 0) is 48.4 Å². The molecule has 7 heteroatoms. The van der Waals surface area contributed by atoms with Crippen molar-refractivity contribution in [3.05, 3.63) is 88.7 Å². The topological polar surface area (TPSA) is 54.0 Å². The van der Waals surface area contributed by atoms with Gasteiger partial charge in [0.15, 0.2) is 0 Å². The molecule has 0 saturated carbocycles. The Morgan fingerprint density at radius 1 is 1.04 bits per heavy atom. The van der Waals surface area contributed by atoms with Crippen LogP contribution in [-0.4, -0.2) is 17.4 Å². The minimum atomic E-state index is -0.722. The third-order valence-electron chi connectivity index (χ3n) is 3.84. The quantitative estimate of drug-likeness (QED) is 0.643. The second-order valence-corrected chi connectivity index (χ2v) is 6.22. The SMILES string of the molecule is O=C(NCCc1ccc(Cl)cc1)c1cc(Nc2c(F)cccc2F)ccn1. The van der Waals surface area contributed by atoms with Crippen LogP contribution < -0.4 is 10.6 Å². The molecule has 2 aromatic carbocycles. The van der Waals surface area contributed by atoms with Crippen molar-refractivity contribution >= 4 is 28.9 Å². The first kappa shape index (κ1) is 18.8. The van der Waals surface area contributed by atoms with E-state index in [1.165, 1.54) is 24.4 Å². The van der Waals surface area contributed by atoms with Crippen molar-refractivity contribution in [3.63, 3.8) is 0 Å². The summed E-state index contributed by atoms with van der Waals surface area (Å²) in [6.45, 7) is 0.418. The average molecular weight is 388 g/mol. The highest BCUT2D eigenvalue weighted by atomic mass is 35.5. The minimum Gasteiger partial charge on any atom is -0.351 e. The second kappa shape index (κ2) is 8.60. The third-order valence-corrected chi connectivity index (χ3v) is 4.09. The fraction of sp³-hybridized carbons (Fsp3) is 0.100. The highest BCUT2D eigenvalue weighted by molar-refractivity contribution is 6.30. The fourth-order valence-corrected chi connectivity index (χ4v) is 2.58. The maximum Gasteiger partial charge on any atom is 0.269 e. The lowest BCUT2D eigenvalue weighted by molar-refractivity contribution is 0.0949. The zero-order chi connectivity index (χ0) is 19.2. The van der Waals surface area contributed by atoms with Crippen molar-refractivity contribution < 1.29 is 13.6 Å². The molecule has 1 heterocycles. The number of anilines is 2. The van der Waals surface area contributed by atoms with Gasteiger partial charge in [0.1, 0.15) is 23.0 Å². The lowest BCUT2D eigenvalue weighted by Crippen LogP contribution is -2.26. The summed E-state index contributed by atoms with van der Waals surface area (Å²) >= 11 is 5.84. The number of benzene rings is 2. The molecule has 0 spiro atoms. The van der Waals surface area contributed by atoms with Crippen LogP contribution in [0.1, 0.15) is 16.1 Å². The summed E-state index contributed by atoms with van der Waals surface area (Å²) in [7, 11) is 0. The van der Waals surface area contributed by atoms with Gasteiger partial charge in [-0.15, -0.1) is 0 Å². The van der Waals surface area contributed by atoms with Crippen LogP contribution >= 0.6 is 11.6 Å². The molecule has 3 rings (SSSR count). The maximum absolute atomic E-state index is 13.7. The first-order valence-electron chi connectivity index (χ1n) is 8.22. The molecule has 27 heavy (non-hydrogen) atoms. The molecule has 138 valence electrons. The number of nitrogens with zero attached hydrogens (tertiary/aromatic N) is 1. The molecule has 0 unspecified atom stereocenters. The Hall–Kier alpha value is -2.99. The Kier molecular flexibility index (Phi) is 5.98. The Balaban J connectivity index is 1.62. The van der Waals surface area contributed by atoms with Crippen LogP contribution in [0, 0.1) is 11.6 Å². The number of hydrogen-bond donors (Lipinski definition) is 2. The van der Waals surface area contributed by atoms with Crippen LogP contribution in [0.15, 0.2) is 60.8 Å². The van der Waals surface area contributed by atoms with E-state index in [0.29, 0.717) is 23.7 Å². The number of halogens is 3. The Morgan fingerprint density at radius 2 is 1.74 bits per heavy atom. The smallest absolute Gasteiger partial charge is 0.269 e. The Labute approximate surface area is 160 Å². The number of nitrogens with one attached hydrogen (secondary N) is 2. The zero-order valence-electron chi connectivity index (χ0n) is 14.2. The molecule has 0 bridgehead atoms. The van der Waals surface area contributed by atoms with E-state index < -0.39 is 11.6 Å². The van der Waals surface area contributed by atoms with Crippen molar-refractivity contribution in [1.82, 2.24) is 10.3 Å². The molecule has 4 nitrogen and oxygen atoms in total. The monoisotopic (exact) mass is 387 g/mol. The predicted molar refractivity (Wildman–Crippen MR) is 101 cm³/mol. The lowest BCUT2D eigenvalue weighted by atomic mass is 10.1. The van der Waals surface area contributed by atoms with Gasteiger partial charge in [-0.1, -0.05) is 29.8 Å². The molecule has 0 radical (unpaired) electrons. The fourth-order valence-electron chi connectivity index (χ4n) is 2.46. The van der Waals surface area contributed by atoms with E-state index in [1.807, 2.05) is 12.1 Å². The van der Waals surface area contributed by atoms with Crippen LogP contribution in [0.3, 0.4) is 0 Å². The van der Waals surface area contributed by atoms with Crippen molar-refractivity contribution in [3.8, 4) is 0 Å². The summed E-state index contributed by atoms with van der Waals surface area (Å²) in [5.74, 6) is -1.82. The summed E-state index contributed by atoms with van der Waals surface area (Å²) in [6, 6.07) is 13.9. The number of amides is 1. The Morgan fingerprint density at radius 3 is 2.44 bits per heavy atom. The zero-order valence-corrected chi connectivity index (χ0v) is 14.9. The highest BCUT2D eigenvalue weighted by Gasteiger charge is 2.11. The van der Waals surface area contributed by atoms with Crippen LogP contribution in [0.25, 0.3) is 0 Å². The molecular weight excluding hydrogens is 372 g/mol. The minimum absolute atomic E-state index is 0.146. The normalized spacial score (nSPS) is 10.5. The number of carbonyl (C=O) groups is 1. The van der Waals surface area contributed by atoms with Gasteiger partial charge in [0.05, 0.1) is 0 Å². The Bertz CT molecular complexity index is 928. The summed E-state index contributed by atoms with van der Waals surface area (Å²) in [6.07, 6.45) is 2.04. The summed E-state index contributed by atoms with van der Waals surface area (Å²) < 4.78 is 27.5. The van der Waals surface area contributed by atoms with Gasteiger partial charge < -0.3 is 10.6 Å². The molecule has 0 aliphatic carbocycles. The summed E-state index contributed by atoms with van der Waals surface area (Å²) in [4.78, 5) is 16.3. The van der Waals surface area contributed by atoms with Gasteiger partial charge in [0, 0.05) is 23.5 Å². The molecule has 0 aliphatic rings. The maximum atomic E-state index is 13.7. The first-order valence-corrected chi connectivity index (χ1v) is 8.60. The van der Waals surface area contributed by atoms with Gasteiger partial charge in [-0.25, -0.2) is 8.78 Å². The van der Waals surface area contributed by atoms with Crippen molar-refractivity contribution in [2.24, 2.45) is 0 Å². The number of pyridine rings is 1. The highest BCUT2D eigenvalue weighted by Crippen LogP contribution is 2.23. The first-order chi connectivity index (χ1) is 13.0. The number of hydrogen-bond acceptors (Lipinski definition) is 3. The van der Waals surface area contributed by atoms with Gasteiger partial charge in [0.2, 0.25) is 0 Å². The summed E-state index contributed by atoms with van der Waals surface area (Å²) in [5.41, 5.74) is 1.26. The predicted octanol–water partition coefficient (Wildman–Crippen LogP) is 4.73. The van der Waals surface area contributed by atoms with E-state index in [9.17, 15) is 13.6 Å². The van der Waals surface area contributed by atoms with Crippen LogP contribution in [-0.2, 0) is 6.42 Å². The van der Waals surface area contributed by atoms with E-state index in [4.69, 9.17) is 11.6 Å². The number of rotatable bonds is 6. The van der Waals surface area contributed by atoms with E-state index in [2.05, 4.69) is 15.6 Å². The van der Waals surface area contributed by atoms with Gasteiger partial charge >= 0.3 is 0 Å². The molecule has 3 aromatic rings. The largest absolute Gasteiger partial charge is 0.351 e. The van der Waals surface area contributed by atoms with Crippen LogP contribution in [0.5, 0.6) is 0 Å². The van der Waals surface area contributed by atoms with Crippen molar-refractivity contribution in [2.45, 2.75) is 6.42 Å². The standard InChI is InChI=1S/C20H16ClF2N3O/c21-14-6-4-13(5-7-14)8-10-25-20(27)18-12-15(9-11-24-18)26-19-16(22)2-1-3-17(19)23/h1-7,9,11-12H,8,10H2,(H,24,26)(H,25,27).